The first-order valence-corrected chi connectivity index (χ1v) is 8.57. The summed E-state index contributed by atoms with van der Waals surface area (Å²) in [6, 6.07) is 11.0. The van der Waals surface area contributed by atoms with E-state index in [2.05, 4.69) is 22.1 Å². The standard InChI is InChI=1S/C20H23N3O3/c1-25-14-16-13-23(11-12-26-16)10-4-5-15-8-9-19(22-20(21)24)18-7-3-2-6-17(15)18/h2-3,6-9,16H,10-14H2,1H3,(H3,21,22,24)/t16-/m0/s1. The third kappa shape index (κ3) is 4.52. The minimum atomic E-state index is -0.577. The highest BCUT2D eigenvalue weighted by Crippen LogP contribution is 2.26. The summed E-state index contributed by atoms with van der Waals surface area (Å²) in [5.41, 5.74) is 6.86. The van der Waals surface area contributed by atoms with Crippen LogP contribution in [-0.4, -0.2) is 57.0 Å². The van der Waals surface area contributed by atoms with E-state index < -0.39 is 6.03 Å². The summed E-state index contributed by atoms with van der Waals surface area (Å²) in [5.74, 6) is 6.51. The van der Waals surface area contributed by atoms with Crippen LogP contribution < -0.4 is 11.1 Å². The van der Waals surface area contributed by atoms with Gasteiger partial charge in [0.05, 0.1) is 31.5 Å². The Kier molecular flexibility index (Phi) is 6.08. The molecule has 136 valence electrons. The molecular weight excluding hydrogens is 330 g/mol. The topological polar surface area (TPSA) is 76.8 Å². The van der Waals surface area contributed by atoms with Crippen LogP contribution in [-0.2, 0) is 9.47 Å². The van der Waals surface area contributed by atoms with Gasteiger partial charge in [0.15, 0.2) is 0 Å². The Morgan fingerprint density at radius 3 is 2.92 bits per heavy atom. The molecule has 6 heteroatoms. The molecule has 1 atom stereocenters. The van der Waals surface area contributed by atoms with Crippen molar-refractivity contribution >= 4 is 22.5 Å². The number of ether oxygens (including phenoxy) is 2. The van der Waals surface area contributed by atoms with Gasteiger partial charge in [-0.1, -0.05) is 36.1 Å². The number of rotatable bonds is 4. The van der Waals surface area contributed by atoms with E-state index in [1.165, 1.54) is 0 Å². The van der Waals surface area contributed by atoms with Crippen molar-refractivity contribution in [1.29, 1.82) is 0 Å². The number of hydrogen-bond donors (Lipinski definition) is 2. The smallest absolute Gasteiger partial charge is 0.316 e. The molecule has 0 spiro atoms. The van der Waals surface area contributed by atoms with Crippen LogP contribution in [0.4, 0.5) is 10.5 Å². The second-order valence-corrected chi connectivity index (χ2v) is 6.18. The number of carbonyl (C=O) groups is 1. The maximum atomic E-state index is 11.2. The van der Waals surface area contributed by atoms with Crippen molar-refractivity contribution in [1.82, 2.24) is 4.90 Å². The number of hydrogen-bond acceptors (Lipinski definition) is 4. The Labute approximate surface area is 153 Å². The minimum absolute atomic E-state index is 0.107. The molecule has 1 fully saturated rings. The number of anilines is 1. The second-order valence-electron chi connectivity index (χ2n) is 6.18. The monoisotopic (exact) mass is 353 g/mol. The van der Waals surface area contributed by atoms with Gasteiger partial charge >= 0.3 is 6.03 Å². The summed E-state index contributed by atoms with van der Waals surface area (Å²) >= 11 is 0. The lowest BCUT2D eigenvalue weighted by atomic mass is 10.0. The summed E-state index contributed by atoms with van der Waals surface area (Å²) in [6.07, 6.45) is 0.107. The first-order chi connectivity index (χ1) is 12.7. The SMILES string of the molecule is COC[C@@H]1CN(CC#Cc2ccc(NC(N)=O)c3ccccc23)CCO1. The third-order valence-electron chi connectivity index (χ3n) is 4.28. The largest absolute Gasteiger partial charge is 0.382 e. The molecule has 2 aromatic carbocycles. The van der Waals surface area contributed by atoms with Crippen molar-refractivity contribution in [2.24, 2.45) is 5.73 Å². The number of nitrogens with zero attached hydrogens (tertiary/aromatic N) is 1. The van der Waals surface area contributed by atoms with E-state index in [-0.39, 0.29) is 6.10 Å². The number of urea groups is 1. The average Bonchev–Trinajstić information content (AvgIpc) is 2.64. The minimum Gasteiger partial charge on any atom is -0.382 e. The lowest BCUT2D eigenvalue weighted by Gasteiger charge is -2.31. The summed E-state index contributed by atoms with van der Waals surface area (Å²) in [7, 11) is 1.68. The number of nitrogens with one attached hydrogen (secondary N) is 1. The van der Waals surface area contributed by atoms with Gasteiger partial charge in [-0.05, 0) is 17.5 Å². The van der Waals surface area contributed by atoms with Crippen LogP contribution in [0.3, 0.4) is 0 Å². The number of benzene rings is 2. The molecule has 0 aromatic heterocycles. The Balaban J connectivity index is 1.76. The molecule has 2 aromatic rings. The van der Waals surface area contributed by atoms with Gasteiger partial charge in [0, 0.05) is 31.1 Å². The molecule has 26 heavy (non-hydrogen) atoms. The number of primary amides is 1. The van der Waals surface area contributed by atoms with Gasteiger partial charge in [-0.3, -0.25) is 4.90 Å². The highest BCUT2D eigenvalue weighted by molar-refractivity contribution is 6.03. The Hall–Kier alpha value is -2.59. The van der Waals surface area contributed by atoms with E-state index >= 15 is 0 Å². The molecule has 0 radical (unpaired) electrons. The zero-order valence-corrected chi connectivity index (χ0v) is 14.8. The van der Waals surface area contributed by atoms with Gasteiger partial charge in [-0.15, -0.1) is 0 Å². The molecule has 3 N–H and O–H groups in total. The Morgan fingerprint density at radius 2 is 2.15 bits per heavy atom. The predicted molar refractivity (Wildman–Crippen MR) is 102 cm³/mol. The van der Waals surface area contributed by atoms with Gasteiger partial charge in [0.1, 0.15) is 0 Å². The van der Waals surface area contributed by atoms with Crippen molar-refractivity contribution in [3.63, 3.8) is 0 Å². The summed E-state index contributed by atoms with van der Waals surface area (Å²) in [4.78, 5) is 13.4. The number of fused-ring (bicyclic) bond motifs is 1. The fourth-order valence-corrected chi connectivity index (χ4v) is 3.11. The molecule has 1 aliphatic rings. The van der Waals surface area contributed by atoms with E-state index in [0.29, 0.717) is 25.4 Å². The molecule has 0 aliphatic carbocycles. The number of carbonyl (C=O) groups excluding carboxylic acids is 1. The quantitative estimate of drug-likeness (QED) is 0.825. The molecule has 0 unspecified atom stereocenters. The van der Waals surface area contributed by atoms with E-state index in [4.69, 9.17) is 15.2 Å². The highest BCUT2D eigenvalue weighted by Gasteiger charge is 2.19. The average molecular weight is 353 g/mol. The molecule has 6 nitrogen and oxygen atoms in total. The van der Waals surface area contributed by atoms with Crippen molar-refractivity contribution in [2.75, 3.05) is 45.3 Å². The molecule has 1 heterocycles. The second kappa shape index (κ2) is 8.68. The van der Waals surface area contributed by atoms with Gasteiger partial charge < -0.3 is 20.5 Å². The maximum absolute atomic E-state index is 11.2. The highest BCUT2D eigenvalue weighted by atomic mass is 16.5. The van der Waals surface area contributed by atoms with Crippen molar-refractivity contribution in [3.05, 3.63) is 42.0 Å². The van der Waals surface area contributed by atoms with Crippen LogP contribution in [0, 0.1) is 11.8 Å². The van der Waals surface area contributed by atoms with E-state index in [1.54, 1.807) is 7.11 Å². The molecule has 2 amide bonds. The lowest BCUT2D eigenvalue weighted by Crippen LogP contribution is -2.44. The molecule has 1 saturated heterocycles. The van der Waals surface area contributed by atoms with Gasteiger partial charge in [0.2, 0.25) is 0 Å². The maximum Gasteiger partial charge on any atom is 0.316 e. The van der Waals surface area contributed by atoms with E-state index in [9.17, 15) is 4.79 Å². The lowest BCUT2D eigenvalue weighted by molar-refractivity contribution is -0.0575. The van der Waals surface area contributed by atoms with Crippen LogP contribution in [0.2, 0.25) is 0 Å². The van der Waals surface area contributed by atoms with Crippen molar-refractivity contribution in [3.8, 4) is 11.8 Å². The number of nitrogens with two attached hydrogens (primary N) is 1. The summed E-state index contributed by atoms with van der Waals surface area (Å²) in [5, 5.41) is 4.57. The normalized spacial score (nSPS) is 17.5. The van der Waals surface area contributed by atoms with E-state index in [0.717, 1.165) is 29.4 Å². The number of morpholine rings is 1. The van der Waals surface area contributed by atoms with Crippen LogP contribution in [0.15, 0.2) is 36.4 Å². The van der Waals surface area contributed by atoms with Crippen LogP contribution >= 0.6 is 0 Å². The van der Waals surface area contributed by atoms with Gasteiger partial charge in [-0.2, -0.15) is 0 Å². The third-order valence-corrected chi connectivity index (χ3v) is 4.28. The molecule has 0 bridgehead atoms. The summed E-state index contributed by atoms with van der Waals surface area (Å²) in [6.45, 7) is 3.68. The molecular formula is C20H23N3O3. The fourth-order valence-electron chi connectivity index (χ4n) is 3.11. The number of methoxy groups -OCH3 is 1. The molecule has 0 saturated carbocycles. The van der Waals surface area contributed by atoms with E-state index in [1.807, 2.05) is 36.4 Å². The van der Waals surface area contributed by atoms with Crippen LogP contribution in [0.25, 0.3) is 10.8 Å². The number of amides is 2. The Bertz CT molecular complexity index is 839. The fraction of sp³-hybridized carbons (Fsp3) is 0.350. The Morgan fingerprint density at radius 1 is 1.35 bits per heavy atom. The molecule has 1 aliphatic heterocycles. The first-order valence-electron chi connectivity index (χ1n) is 8.57. The van der Waals surface area contributed by atoms with Gasteiger partial charge in [-0.25, -0.2) is 4.79 Å². The van der Waals surface area contributed by atoms with Crippen molar-refractivity contribution < 1.29 is 14.3 Å². The van der Waals surface area contributed by atoms with Crippen LogP contribution in [0.5, 0.6) is 0 Å². The molecule has 3 rings (SSSR count). The predicted octanol–water partition coefficient (Wildman–Crippen LogP) is 2.03. The van der Waals surface area contributed by atoms with Gasteiger partial charge in [0.25, 0.3) is 0 Å². The van der Waals surface area contributed by atoms with Crippen molar-refractivity contribution in [2.45, 2.75) is 6.10 Å². The van der Waals surface area contributed by atoms with Crippen LogP contribution in [0.1, 0.15) is 5.56 Å². The summed E-state index contributed by atoms with van der Waals surface area (Å²) < 4.78 is 10.8. The zero-order valence-electron chi connectivity index (χ0n) is 14.8. The first kappa shape index (κ1) is 18.2. The zero-order chi connectivity index (χ0) is 18.4.